The van der Waals surface area contributed by atoms with Crippen LogP contribution in [0.2, 0.25) is 0 Å². The molecule has 5 rings (SSSR count). The zero-order chi connectivity index (χ0) is 19.8. The molecular formula is C22H15N3O3S. The maximum atomic E-state index is 12.4. The molecule has 0 unspecified atom stereocenters. The number of hydrogen-bond donors (Lipinski definition) is 1. The molecule has 5 aromatic rings. The van der Waals surface area contributed by atoms with Gasteiger partial charge in [-0.15, -0.1) is 11.3 Å². The van der Waals surface area contributed by atoms with Crippen LogP contribution in [0.1, 0.15) is 21.9 Å². The molecule has 0 bridgehead atoms. The lowest BCUT2D eigenvalue weighted by molar-refractivity contribution is 0.0929. The van der Waals surface area contributed by atoms with Crippen molar-refractivity contribution in [3.63, 3.8) is 0 Å². The minimum atomic E-state index is -0.409. The van der Waals surface area contributed by atoms with Crippen LogP contribution >= 0.6 is 11.3 Å². The fourth-order valence-corrected chi connectivity index (χ4v) is 4.04. The summed E-state index contributed by atoms with van der Waals surface area (Å²) in [5.41, 5.74) is 4.87. The van der Waals surface area contributed by atoms with E-state index in [4.69, 9.17) is 8.83 Å². The number of benzene rings is 2. The Hall–Kier alpha value is -3.71. The minimum Gasteiger partial charge on any atom is -0.453 e. The molecule has 0 aliphatic rings. The molecule has 1 amide bonds. The van der Waals surface area contributed by atoms with Gasteiger partial charge < -0.3 is 8.83 Å². The van der Waals surface area contributed by atoms with E-state index >= 15 is 0 Å². The Bertz CT molecular complexity index is 1340. The number of nitrogens with one attached hydrogen (secondary N) is 1. The highest BCUT2D eigenvalue weighted by Gasteiger charge is 2.16. The second kappa shape index (κ2) is 7.03. The van der Waals surface area contributed by atoms with Crippen LogP contribution in [0, 0.1) is 6.92 Å². The lowest BCUT2D eigenvalue weighted by atomic mass is 10.1. The summed E-state index contributed by atoms with van der Waals surface area (Å²) in [7, 11) is 0. The van der Waals surface area contributed by atoms with Gasteiger partial charge in [0.25, 0.3) is 0 Å². The molecule has 6 nitrogen and oxygen atoms in total. The van der Waals surface area contributed by atoms with Crippen molar-refractivity contribution in [1.82, 2.24) is 10.4 Å². The number of aryl methyl sites for hydroxylation is 1. The minimum absolute atomic E-state index is 0.248. The normalized spacial score (nSPS) is 11.6. The van der Waals surface area contributed by atoms with E-state index in [0.717, 1.165) is 26.2 Å². The zero-order valence-corrected chi connectivity index (χ0v) is 16.2. The molecule has 0 saturated heterocycles. The summed E-state index contributed by atoms with van der Waals surface area (Å²) in [6, 6.07) is 19.1. The predicted molar refractivity (Wildman–Crippen MR) is 113 cm³/mol. The van der Waals surface area contributed by atoms with Gasteiger partial charge in [0, 0.05) is 10.9 Å². The van der Waals surface area contributed by atoms with Crippen molar-refractivity contribution in [1.29, 1.82) is 0 Å². The number of amides is 1. The molecule has 0 atom stereocenters. The molecule has 2 aromatic carbocycles. The van der Waals surface area contributed by atoms with Crippen LogP contribution in [0.4, 0.5) is 0 Å². The average molecular weight is 401 g/mol. The van der Waals surface area contributed by atoms with Crippen LogP contribution in [0.25, 0.3) is 32.0 Å². The first kappa shape index (κ1) is 17.4. The molecule has 0 saturated carbocycles. The van der Waals surface area contributed by atoms with Crippen molar-refractivity contribution >= 4 is 44.6 Å². The van der Waals surface area contributed by atoms with E-state index in [1.54, 1.807) is 17.4 Å². The van der Waals surface area contributed by atoms with E-state index in [-0.39, 0.29) is 5.76 Å². The summed E-state index contributed by atoms with van der Waals surface area (Å²) in [4.78, 5) is 17.0. The molecule has 7 heteroatoms. The molecule has 0 fully saturated rings. The fourth-order valence-electron chi connectivity index (χ4n) is 3.11. The number of fused-ring (bicyclic) bond motifs is 2. The zero-order valence-electron chi connectivity index (χ0n) is 15.4. The quantitative estimate of drug-likeness (QED) is 0.324. The van der Waals surface area contributed by atoms with Crippen LogP contribution in [-0.4, -0.2) is 17.1 Å². The standard InChI is InChI=1S/C22H15N3O3S/c1-13-15-6-2-4-8-17(15)28-20(13)21(26)25-23-12-14-10-11-18(27-14)22-24-16-7-3-5-9-19(16)29-22/h2-12H,1H3,(H,25,26)/b23-12-. The van der Waals surface area contributed by atoms with Gasteiger partial charge in [-0.1, -0.05) is 30.3 Å². The lowest BCUT2D eigenvalue weighted by Gasteiger charge is -1.96. The first-order chi connectivity index (χ1) is 14.2. The Balaban J connectivity index is 1.31. The predicted octanol–water partition coefficient (Wildman–Crippen LogP) is 5.37. The Kier molecular flexibility index (Phi) is 4.22. The molecule has 29 heavy (non-hydrogen) atoms. The highest BCUT2D eigenvalue weighted by atomic mass is 32.1. The number of carbonyl (C=O) groups is 1. The van der Waals surface area contributed by atoms with E-state index < -0.39 is 5.91 Å². The van der Waals surface area contributed by atoms with Crippen molar-refractivity contribution in [3.05, 3.63) is 77.7 Å². The first-order valence-corrected chi connectivity index (χ1v) is 9.78. The van der Waals surface area contributed by atoms with E-state index in [0.29, 0.717) is 17.1 Å². The van der Waals surface area contributed by atoms with Crippen LogP contribution in [0.15, 0.2) is 74.6 Å². The number of para-hydroxylation sites is 2. The molecule has 0 radical (unpaired) electrons. The molecule has 1 N–H and O–H groups in total. The maximum absolute atomic E-state index is 12.4. The van der Waals surface area contributed by atoms with Gasteiger partial charge in [-0.3, -0.25) is 4.79 Å². The molecule has 0 spiro atoms. The van der Waals surface area contributed by atoms with Crippen LogP contribution < -0.4 is 5.43 Å². The Morgan fingerprint density at radius 2 is 1.90 bits per heavy atom. The summed E-state index contributed by atoms with van der Waals surface area (Å²) in [5.74, 6) is 1.01. The first-order valence-electron chi connectivity index (χ1n) is 8.96. The lowest BCUT2D eigenvalue weighted by Crippen LogP contribution is -2.17. The summed E-state index contributed by atoms with van der Waals surface area (Å²) in [5, 5.41) is 5.69. The molecule has 142 valence electrons. The van der Waals surface area contributed by atoms with Gasteiger partial charge in [0.2, 0.25) is 0 Å². The Morgan fingerprint density at radius 3 is 2.76 bits per heavy atom. The van der Waals surface area contributed by atoms with Crippen molar-refractivity contribution in [3.8, 4) is 10.8 Å². The van der Waals surface area contributed by atoms with Gasteiger partial charge in [-0.2, -0.15) is 5.10 Å². The number of nitrogens with zero attached hydrogens (tertiary/aromatic N) is 2. The van der Waals surface area contributed by atoms with Crippen molar-refractivity contribution in [2.75, 3.05) is 0 Å². The maximum Gasteiger partial charge on any atom is 0.307 e. The number of furan rings is 2. The molecular weight excluding hydrogens is 386 g/mol. The van der Waals surface area contributed by atoms with Crippen molar-refractivity contribution in [2.45, 2.75) is 6.92 Å². The van der Waals surface area contributed by atoms with E-state index in [1.165, 1.54) is 6.21 Å². The highest BCUT2D eigenvalue weighted by Crippen LogP contribution is 2.30. The van der Waals surface area contributed by atoms with Crippen LogP contribution in [0.3, 0.4) is 0 Å². The third-order valence-corrected chi connectivity index (χ3v) is 5.59. The molecule has 0 aliphatic heterocycles. The molecule has 3 heterocycles. The molecule has 0 aliphatic carbocycles. The monoisotopic (exact) mass is 401 g/mol. The number of hydrogen-bond acceptors (Lipinski definition) is 6. The van der Waals surface area contributed by atoms with Crippen molar-refractivity contribution in [2.24, 2.45) is 5.10 Å². The van der Waals surface area contributed by atoms with Crippen LogP contribution in [-0.2, 0) is 0 Å². The number of aromatic nitrogens is 1. The highest BCUT2D eigenvalue weighted by molar-refractivity contribution is 7.21. The number of carbonyl (C=O) groups excluding carboxylic acids is 1. The summed E-state index contributed by atoms with van der Waals surface area (Å²) in [6.07, 6.45) is 1.45. The van der Waals surface area contributed by atoms with Gasteiger partial charge in [0.1, 0.15) is 11.3 Å². The Morgan fingerprint density at radius 1 is 1.07 bits per heavy atom. The van der Waals surface area contributed by atoms with Gasteiger partial charge >= 0.3 is 5.91 Å². The van der Waals surface area contributed by atoms with Crippen molar-refractivity contribution < 1.29 is 13.6 Å². The summed E-state index contributed by atoms with van der Waals surface area (Å²) >= 11 is 1.56. The van der Waals surface area contributed by atoms with Gasteiger partial charge in [-0.05, 0) is 37.3 Å². The third kappa shape index (κ3) is 3.21. The summed E-state index contributed by atoms with van der Waals surface area (Å²) < 4.78 is 12.5. The SMILES string of the molecule is Cc1c(C(=O)N/N=C\c2ccc(-c3nc4ccccc4s3)o2)oc2ccccc12. The van der Waals surface area contributed by atoms with E-state index in [9.17, 15) is 4.79 Å². The van der Waals surface area contributed by atoms with Gasteiger partial charge in [-0.25, -0.2) is 10.4 Å². The van der Waals surface area contributed by atoms with Gasteiger partial charge in [0.15, 0.2) is 16.5 Å². The van der Waals surface area contributed by atoms with Crippen LogP contribution in [0.5, 0.6) is 0 Å². The number of thiazole rings is 1. The average Bonchev–Trinajstić information content (AvgIpc) is 3.45. The second-order valence-corrected chi connectivity index (χ2v) is 7.47. The largest absolute Gasteiger partial charge is 0.453 e. The Labute approximate surface area is 169 Å². The summed E-state index contributed by atoms with van der Waals surface area (Å²) in [6.45, 7) is 1.85. The smallest absolute Gasteiger partial charge is 0.307 e. The topological polar surface area (TPSA) is 80.6 Å². The third-order valence-electron chi connectivity index (χ3n) is 4.54. The number of rotatable bonds is 4. The fraction of sp³-hybridized carbons (Fsp3) is 0.0455. The van der Waals surface area contributed by atoms with Gasteiger partial charge in [0.05, 0.1) is 16.4 Å². The number of hydrazone groups is 1. The second-order valence-electron chi connectivity index (χ2n) is 6.44. The molecule has 3 aromatic heterocycles. The van der Waals surface area contributed by atoms with E-state index in [2.05, 4.69) is 15.5 Å². The van der Waals surface area contributed by atoms with E-state index in [1.807, 2.05) is 61.5 Å².